The number of carboxylic acids is 1. The lowest BCUT2D eigenvalue weighted by molar-refractivity contribution is -0.134. The highest BCUT2D eigenvalue weighted by molar-refractivity contribution is 8.22. The summed E-state index contributed by atoms with van der Waals surface area (Å²) in [6.45, 7) is 0. The highest BCUT2D eigenvalue weighted by Gasteiger charge is 2.23. The Morgan fingerprint density at radius 2 is 1.82 bits per heavy atom. The minimum absolute atomic E-state index is 0.125. The van der Waals surface area contributed by atoms with Crippen molar-refractivity contribution in [2.75, 3.05) is 18.6 Å². The van der Waals surface area contributed by atoms with Crippen LogP contribution in [0, 0.1) is 0 Å². The average Bonchev–Trinajstić information content (AvgIpc) is 2.54. The summed E-state index contributed by atoms with van der Waals surface area (Å²) in [6.07, 6.45) is 3.96. The number of hydrogen-bond donors (Lipinski definition) is 1. The van der Waals surface area contributed by atoms with E-state index in [2.05, 4.69) is 0 Å². The fourth-order valence-electron chi connectivity index (χ4n) is 1.84. The molecule has 0 saturated carbocycles. The number of carbonyl (C=O) groups is 2. The van der Waals surface area contributed by atoms with Crippen molar-refractivity contribution in [3.8, 4) is 5.75 Å². The third kappa shape index (κ3) is 4.42. The number of rotatable bonds is 5. The average molecular weight is 336 g/mol. The number of benzene rings is 1. The first-order valence-corrected chi connectivity index (χ1v) is 8.68. The summed E-state index contributed by atoms with van der Waals surface area (Å²) in [5.74, 6) is 0.803. The van der Waals surface area contributed by atoms with Gasteiger partial charge in [-0.3, -0.25) is 4.79 Å². The van der Waals surface area contributed by atoms with Crippen LogP contribution in [-0.4, -0.2) is 35.5 Å². The van der Waals surface area contributed by atoms with Crippen LogP contribution in [0.3, 0.4) is 0 Å². The van der Waals surface area contributed by atoms with Crippen molar-refractivity contribution in [1.82, 2.24) is 0 Å². The monoisotopic (exact) mass is 336 g/mol. The van der Waals surface area contributed by atoms with Crippen LogP contribution < -0.4 is 4.74 Å². The van der Waals surface area contributed by atoms with Gasteiger partial charge in [0.2, 0.25) is 0 Å². The van der Waals surface area contributed by atoms with E-state index in [0.29, 0.717) is 4.24 Å². The van der Waals surface area contributed by atoms with Crippen molar-refractivity contribution in [1.29, 1.82) is 0 Å². The maximum atomic E-state index is 12.2. The molecule has 116 valence electrons. The summed E-state index contributed by atoms with van der Waals surface area (Å²) in [5, 5.41) is 9.31. The van der Waals surface area contributed by atoms with Gasteiger partial charge in [0, 0.05) is 0 Å². The molecule has 1 aromatic carbocycles. The van der Waals surface area contributed by atoms with E-state index in [1.807, 2.05) is 0 Å². The highest BCUT2D eigenvalue weighted by atomic mass is 32.2. The van der Waals surface area contributed by atoms with Crippen molar-refractivity contribution in [2.24, 2.45) is 0 Å². The number of ketones is 1. The standard InChI is InChI=1S/C16H16O4S2/c1-20-12-6-3-11(4-7-12)5-8-13(17)14(15(18)19)16-21-9-2-10-22-16/h3-8H,2,9-10H2,1H3,(H,18,19)/b8-5+. The molecule has 2 rings (SSSR count). The Labute approximate surface area is 137 Å². The number of thioether (sulfide) groups is 2. The number of aliphatic carboxylic acids is 1. The minimum atomic E-state index is -1.17. The summed E-state index contributed by atoms with van der Waals surface area (Å²) in [5.41, 5.74) is 0.687. The Morgan fingerprint density at radius 1 is 1.18 bits per heavy atom. The van der Waals surface area contributed by atoms with Crippen molar-refractivity contribution in [3.05, 3.63) is 45.7 Å². The van der Waals surface area contributed by atoms with Crippen LogP contribution in [0.2, 0.25) is 0 Å². The molecule has 6 heteroatoms. The molecule has 0 radical (unpaired) electrons. The SMILES string of the molecule is COc1ccc(/C=C/C(=O)C(C(=O)O)=C2SCCCS2)cc1. The normalized spacial score (nSPS) is 14.9. The molecule has 0 atom stereocenters. The van der Waals surface area contributed by atoms with E-state index in [1.165, 1.54) is 29.6 Å². The van der Waals surface area contributed by atoms with Crippen molar-refractivity contribution >= 4 is 41.4 Å². The summed E-state index contributed by atoms with van der Waals surface area (Å²) < 4.78 is 5.68. The first kappa shape index (κ1) is 16.7. The van der Waals surface area contributed by atoms with Gasteiger partial charge in [-0.25, -0.2) is 4.79 Å². The maximum absolute atomic E-state index is 12.2. The van der Waals surface area contributed by atoms with E-state index in [-0.39, 0.29) is 5.57 Å². The Bertz CT molecular complexity index is 610. The Morgan fingerprint density at radius 3 is 2.36 bits per heavy atom. The molecule has 1 N–H and O–H groups in total. The number of allylic oxidation sites excluding steroid dienone is 1. The zero-order valence-corrected chi connectivity index (χ0v) is 13.7. The number of ether oxygens (including phenoxy) is 1. The minimum Gasteiger partial charge on any atom is -0.497 e. The van der Waals surface area contributed by atoms with Crippen LogP contribution in [0.25, 0.3) is 6.08 Å². The molecule has 4 nitrogen and oxygen atoms in total. The first-order valence-electron chi connectivity index (χ1n) is 6.71. The molecule has 1 aromatic rings. The molecule has 1 fully saturated rings. The number of methoxy groups -OCH3 is 1. The van der Waals surface area contributed by atoms with Gasteiger partial charge in [0.25, 0.3) is 0 Å². The largest absolute Gasteiger partial charge is 0.497 e. The molecule has 0 bridgehead atoms. The predicted molar refractivity (Wildman–Crippen MR) is 91.2 cm³/mol. The number of hydrogen-bond acceptors (Lipinski definition) is 5. The fraction of sp³-hybridized carbons (Fsp3) is 0.250. The van der Waals surface area contributed by atoms with E-state index in [1.54, 1.807) is 37.5 Å². The van der Waals surface area contributed by atoms with Crippen LogP contribution >= 0.6 is 23.5 Å². The van der Waals surface area contributed by atoms with Gasteiger partial charge in [-0.15, -0.1) is 23.5 Å². The highest BCUT2D eigenvalue weighted by Crippen LogP contribution is 2.37. The smallest absolute Gasteiger partial charge is 0.341 e. The second kappa shape index (κ2) is 8.10. The zero-order chi connectivity index (χ0) is 15.9. The third-order valence-electron chi connectivity index (χ3n) is 2.96. The lowest BCUT2D eigenvalue weighted by Crippen LogP contribution is -2.13. The second-order valence-corrected chi connectivity index (χ2v) is 6.96. The van der Waals surface area contributed by atoms with E-state index < -0.39 is 11.8 Å². The van der Waals surface area contributed by atoms with Crippen LogP contribution in [0.1, 0.15) is 12.0 Å². The molecule has 0 aromatic heterocycles. The topological polar surface area (TPSA) is 63.6 Å². The molecule has 0 amide bonds. The molecule has 1 aliphatic rings. The van der Waals surface area contributed by atoms with Gasteiger partial charge in [-0.2, -0.15) is 0 Å². The van der Waals surface area contributed by atoms with E-state index in [0.717, 1.165) is 29.2 Å². The van der Waals surface area contributed by atoms with Gasteiger partial charge in [0.15, 0.2) is 5.78 Å². The van der Waals surface area contributed by atoms with Gasteiger partial charge in [0.1, 0.15) is 11.3 Å². The molecular weight excluding hydrogens is 320 g/mol. The zero-order valence-electron chi connectivity index (χ0n) is 12.1. The van der Waals surface area contributed by atoms with Crippen molar-refractivity contribution < 1.29 is 19.4 Å². The van der Waals surface area contributed by atoms with E-state index in [4.69, 9.17) is 4.74 Å². The van der Waals surface area contributed by atoms with Crippen molar-refractivity contribution in [3.63, 3.8) is 0 Å². The van der Waals surface area contributed by atoms with Crippen molar-refractivity contribution in [2.45, 2.75) is 6.42 Å². The molecule has 1 saturated heterocycles. The predicted octanol–water partition coefficient (Wildman–Crippen LogP) is 3.44. The van der Waals surface area contributed by atoms with Crippen LogP contribution in [-0.2, 0) is 9.59 Å². The molecule has 22 heavy (non-hydrogen) atoms. The summed E-state index contributed by atoms with van der Waals surface area (Å²) in [7, 11) is 1.58. The molecule has 0 spiro atoms. The van der Waals surface area contributed by atoms with Gasteiger partial charge in [-0.1, -0.05) is 18.2 Å². The van der Waals surface area contributed by atoms with E-state index in [9.17, 15) is 14.7 Å². The molecule has 1 heterocycles. The van der Waals surface area contributed by atoms with Gasteiger partial charge in [0.05, 0.1) is 11.3 Å². The van der Waals surface area contributed by atoms with Crippen LogP contribution in [0.4, 0.5) is 0 Å². The number of carbonyl (C=O) groups excluding carboxylic acids is 1. The Kier molecular flexibility index (Phi) is 6.15. The molecule has 0 unspecified atom stereocenters. The van der Waals surface area contributed by atoms with E-state index >= 15 is 0 Å². The first-order chi connectivity index (χ1) is 10.6. The fourth-order valence-corrected chi connectivity index (χ4v) is 4.47. The lowest BCUT2D eigenvalue weighted by Gasteiger charge is -2.14. The summed E-state index contributed by atoms with van der Waals surface area (Å²) >= 11 is 2.89. The summed E-state index contributed by atoms with van der Waals surface area (Å²) in [4.78, 5) is 23.6. The van der Waals surface area contributed by atoms with Gasteiger partial charge in [-0.05, 0) is 41.7 Å². The summed E-state index contributed by atoms with van der Waals surface area (Å²) in [6, 6.07) is 7.18. The van der Waals surface area contributed by atoms with Crippen LogP contribution in [0.15, 0.2) is 40.2 Å². The Balaban J connectivity index is 2.17. The maximum Gasteiger partial charge on any atom is 0.341 e. The van der Waals surface area contributed by atoms with Crippen LogP contribution in [0.5, 0.6) is 5.75 Å². The molecular formula is C16H16O4S2. The Hall–Kier alpha value is -1.66. The second-order valence-electron chi connectivity index (χ2n) is 4.49. The molecule has 1 aliphatic heterocycles. The lowest BCUT2D eigenvalue weighted by atomic mass is 10.1. The number of carboxylic acid groups (broad SMARTS) is 1. The van der Waals surface area contributed by atoms with Gasteiger partial charge < -0.3 is 9.84 Å². The quantitative estimate of drug-likeness (QED) is 0.505. The third-order valence-corrected chi connectivity index (χ3v) is 5.59. The molecule has 0 aliphatic carbocycles. The van der Waals surface area contributed by atoms with Gasteiger partial charge >= 0.3 is 5.97 Å².